The minimum atomic E-state index is -0.653. The number of hydrogen-bond donors (Lipinski definition) is 1. The van der Waals surface area contributed by atoms with Crippen LogP contribution in [0.2, 0.25) is 0 Å². The topological polar surface area (TPSA) is 96.1 Å². The first-order valence-electron chi connectivity index (χ1n) is 8.41. The Morgan fingerprint density at radius 1 is 1.15 bits per heavy atom. The van der Waals surface area contributed by atoms with Gasteiger partial charge in [-0.2, -0.15) is 0 Å². The van der Waals surface area contributed by atoms with Crippen LogP contribution < -0.4 is 4.74 Å². The normalized spacial score (nSPS) is 15.6. The molecule has 3 rings (SSSR count). The number of carbonyl (C=O) groups is 2. The molecule has 1 saturated heterocycles. The maximum absolute atomic E-state index is 12.5. The molecule has 1 atom stereocenters. The largest absolute Gasteiger partial charge is 0.508 e. The maximum atomic E-state index is 12.5. The fourth-order valence-corrected chi connectivity index (χ4v) is 2.80. The van der Waals surface area contributed by atoms with E-state index in [4.69, 9.17) is 9.26 Å². The Labute approximate surface area is 150 Å². The lowest BCUT2D eigenvalue weighted by atomic mass is 10.2. The number of hydrogen-bond acceptors (Lipinski definition) is 6. The van der Waals surface area contributed by atoms with Crippen molar-refractivity contribution in [3.63, 3.8) is 0 Å². The Morgan fingerprint density at radius 2 is 1.77 bits per heavy atom. The van der Waals surface area contributed by atoms with Crippen molar-refractivity contribution in [3.8, 4) is 11.5 Å². The Balaban J connectivity index is 1.52. The van der Waals surface area contributed by atoms with E-state index in [1.54, 1.807) is 41.8 Å². The summed E-state index contributed by atoms with van der Waals surface area (Å²) in [5.41, 5.74) is 0.284. The Bertz CT molecular complexity index is 778. The third kappa shape index (κ3) is 3.96. The van der Waals surface area contributed by atoms with Crippen LogP contribution in [-0.4, -0.2) is 64.2 Å². The molecule has 2 amide bonds. The van der Waals surface area contributed by atoms with Crippen molar-refractivity contribution in [2.75, 3.05) is 26.2 Å². The number of rotatable bonds is 4. The predicted molar refractivity (Wildman–Crippen MR) is 91.9 cm³/mol. The van der Waals surface area contributed by atoms with Crippen molar-refractivity contribution in [2.24, 2.45) is 0 Å². The average Bonchev–Trinajstić information content (AvgIpc) is 3.09. The van der Waals surface area contributed by atoms with E-state index in [1.807, 2.05) is 0 Å². The first-order valence-corrected chi connectivity index (χ1v) is 8.41. The van der Waals surface area contributed by atoms with Crippen molar-refractivity contribution >= 4 is 11.8 Å². The molecule has 0 bridgehead atoms. The molecule has 2 heterocycles. The van der Waals surface area contributed by atoms with Crippen LogP contribution in [0.5, 0.6) is 11.5 Å². The molecule has 0 spiro atoms. The molecule has 138 valence electrons. The minimum absolute atomic E-state index is 0.137. The van der Waals surface area contributed by atoms with Crippen LogP contribution in [0.4, 0.5) is 0 Å². The van der Waals surface area contributed by atoms with Gasteiger partial charge in [0.2, 0.25) is 0 Å². The van der Waals surface area contributed by atoms with E-state index in [2.05, 4.69) is 5.16 Å². The van der Waals surface area contributed by atoms with E-state index < -0.39 is 6.10 Å². The van der Waals surface area contributed by atoms with Gasteiger partial charge in [-0.15, -0.1) is 0 Å². The van der Waals surface area contributed by atoms with Crippen LogP contribution in [-0.2, 0) is 4.79 Å². The van der Waals surface area contributed by atoms with E-state index in [0.717, 1.165) is 0 Å². The van der Waals surface area contributed by atoms with E-state index in [-0.39, 0.29) is 23.3 Å². The number of ether oxygens (including phenoxy) is 1. The second-order valence-corrected chi connectivity index (χ2v) is 6.19. The summed E-state index contributed by atoms with van der Waals surface area (Å²) in [6.45, 7) is 5.15. The minimum Gasteiger partial charge on any atom is -0.508 e. The van der Waals surface area contributed by atoms with E-state index >= 15 is 0 Å². The SMILES string of the molecule is Cc1cc(C(=O)N2CCN(C(=O)C(C)Oc3ccc(O)cc3)CC2)no1. The van der Waals surface area contributed by atoms with Gasteiger partial charge in [0.1, 0.15) is 17.3 Å². The van der Waals surface area contributed by atoms with Crippen LogP contribution in [0.15, 0.2) is 34.9 Å². The molecule has 8 heteroatoms. The monoisotopic (exact) mass is 359 g/mol. The lowest BCUT2D eigenvalue weighted by Gasteiger charge is -2.35. The van der Waals surface area contributed by atoms with Gasteiger partial charge in [0.25, 0.3) is 11.8 Å². The molecule has 0 radical (unpaired) electrons. The molecule has 1 fully saturated rings. The summed E-state index contributed by atoms with van der Waals surface area (Å²) in [6.07, 6.45) is -0.653. The molecule has 0 saturated carbocycles. The lowest BCUT2D eigenvalue weighted by molar-refractivity contribution is -0.139. The number of benzene rings is 1. The fourth-order valence-electron chi connectivity index (χ4n) is 2.80. The number of piperazine rings is 1. The molecular weight excluding hydrogens is 338 g/mol. The zero-order valence-corrected chi connectivity index (χ0v) is 14.7. The van der Waals surface area contributed by atoms with Crippen molar-refractivity contribution in [1.82, 2.24) is 15.0 Å². The number of aromatic hydroxyl groups is 1. The van der Waals surface area contributed by atoms with Gasteiger partial charge in [0.05, 0.1) is 0 Å². The van der Waals surface area contributed by atoms with E-state index in [0.29, 0.717) is 37.7 Å². The van der Waals surface area contributed by atoms with Crippen molar-refractivity contribution in [1.29, 1.82) is 0 Å². The highest BCUT2D eigenvalue weighted by atomic mass is 16.5. The van der Waals surface area contributed by atoms with Gasteiger partial charge >= 0.3 is 0 Å². The summed E-state index contributed by atoms with van der Waals surface area (Å²) in [5, 5.41) is 13.0. The van der Waals surface area contributed by atoms with E-state index in [1.165, 1.54) is 12.1 Å². The molecule has 1 aromatic carbocycles. The summed E-state index contributed by atoms with van der Waals surface area (Å²) in [7, 11) is 0. The number of phenolic OH excluding ortho intramolecular Hbond substituents is 1. The Morgan fingerprint density at radius 3 is 2.35 bits per heavy atom. The summed E-state index contributed by atoms with van der Waals surface area (Å²) in [4.78, 5) is 28.2. The van der Waals surface area contributed by atoms with Gasteiger partial charge in [0.15, 0.2) is 11.8 Å². The zero-order valence-electron chi connectivity index (χ0n) is 14.7. The van der Waals surface area contributed by atoms with Crippen LogP contribution in [0, 0.1) is 6.92 Å². The number of carbonyl (C=O) groups excluding carboxylic acids is 2. The summed E-state index contributed by atoms with van der Waals surface area (Å²) >= 11 is 0. The molecule has 1 aliphatic heterocycles. The molecular formula is C18H21N3O5. The Kier molecular flexibility index (Phi) is 5.11. The third-order valence-corrected chi connectivity index (χ3v) is 4.22. The van der Waals surface area contributed by atoms with E-state index in [9.17, 15) is 14.7 Å². The van der Waals surface area contributed by atoms with Crippen molar-refractivity contribution < 1.29 is 24.0 Å². The van der Waals surface area contributed by atoms with Gasteiger partial charge in [-0.05, 0) is 38.1 Å². The molecule has 0 aliphatic carbocycles. The highest BCUT2D eigenvalue weighted by Crippen LogP contribution is 2.18. The predicted octanol–water partition coefficient (Wildman–Crippen LogP) is 1.44. The standard InChI is InChI=1S/C18H21N3O5/c1-12-11-16(19-26-12)18(24)21-9-7-20(8-10-21)17(23)13(2)25-15-5-3-14(22)4-6-15/h3-6,11,13,22H,7-10H2,1-2H3. The van der Waals surface area contributed by atoms with Gasteiger partial charge in [0, 0.05) is 32.2 Å². The number of aryl methyl sites for hydroxylation is 1. The van der Waals surface area contributed by atoms with Gasteiger partial charge < -0.3 is 24.2 Å². The molecule has 1 aromatic heterocycles. The van der Waals surface area contributed by atoms with Crippen LogP contribution >= 0.6 is 0 Å². The smallest absolute Gasteiger partial charge is 0.276 e. The highest BCUT2D eigenvalue weighted by molar-refractivity contribution is 5.92. The lowest BCUT2D eigenvalue weighted by Crippen LogP contribution is -2.53. The van der Waals surface area contributed by atoms with Gasteiger partial charge in [-0.3, -0.25) is 9.59 Å². The molecule has 26 heavy (non-hydrogen) atoms. The third-order valence-electron chi connectivity index (χ3n) is 4.22. The van der Waals surface area contributed by atoms with Crippen LogP contribution in [0.25, 0.3) is 0 Å². The summed E-state index contributed by atoms with van der Waals surface area (Å²) in [6, 6.07) is 7.82. The molecule has 1 unspecified atom stereocenters. The number of nitrogens with zero attached hydrogens (tertiary/aromatic N) is 3. The summed E-state index contributed by atoms with van der Waals surface area (Å²) in [5.74, 6) is 0.908. The van der Waals surface area contributed by atoms with Crippen molar-refractivity contribution in [2.45, 2.75) is 20.0 Å². The first kappa shape index (κ1) is 17.8. The number of phenols is 1. The number of aromatic nitrogens is 1. The molecule has 1 N–H and O–H groups in total. The second kappa shape index (κ2) is 7.47. The van der Waals surface area contributed by atoms with Crippen LogP contribution in [0.3, 0.4) is 0 Å². The van der Waals surface area contributed by atoms with Crippen LogP contribution in [0.1, 0.15) is 23.2 Å². The molecule has 2 aromatic rings. The van der Waals surface area contributed by atoms with Crippen molar-refractivity contribution in [3.05, 3.63) is 41.8 Å². The van der Waals surface area contributed by atoms with Gasteiger partial charge in [-0.1, -0.05) is 5.16 Å². The molecule has 8 nitrogen and oxygen atoms in total. The van der Waals surface area contributed by atoms with Gasteiger partial charge in [-0.25, -0.2) is 0 Å². The highest BCUT2D eigenvalue weighted by Gasteiger charge is 2.29. The summed E-state index contributed by atoms with van der Waals surface area (Å²) < 4.78 is 10.6. The average molecular weight is 359 g/mol. The quantitative estimate of drug-likeness (QED) is 0.887. The Hall–Kier alpha value is -3.03. The number of amides is 2. The second-order valence-electron chi connectivity index (χ2n) is 6.19. The maximum Gasteiger partial charge on any atom is 0.276 e. The molecule has 1 aliphatic rings. The zero-order chi connectivity index (χ0) is 18.7. The fraction of sp³-hybridized carbons (Fsp3) is 0.389. The first-order chi connectivity index (χ1) is 12.4.